The monoisotopic (exact) mass is 246 g/mol. The number of alkyl halides is 2. The predicted molar refractivity (Wildman–Crippen MR) is 59.1 cm³/mol. The molecule has 4 nitrogen and oxygen atoms in total. The van der Waals surface area contributed by atoms with Crippen molar-refractivity contribution in [3.63, 3.8) is 0 Å². The SMILES string of the molecule is CC[C@H](CO)NC(=O)c1cccn1CC(F)F. The molecule has 0 aliphatic carbocycles. The highest BCUT2D eigenvalue weighted by Crippen LogP contribution is 2.07. The summed E-state index contributed by atoms with van der Waals surface area (Å²) in [6.07, 6.45) is -0.493. The van der Waals surface area contributed by atoms with Gasteiger partial charge in [0.2, 0.25) is 0 Å². The first-order valence-corrected chi connectivity index (χ1v) is 5.43. The van der Waals surface area contributed by atoms with Crippen molar-refractivity contribution < 1.29 is 18.7 Å². The maximum absolute atomic E-state index is 12.2. The molecule has 0 saturated heterocycles. The molecular weight excluding hydrogens is 230 g/mol. The van der Waals surface area contributed by atoms with E-state index in [4.69, 9.17) is 5.11 Å². The van der Waals surface area contributed by atoms with Crippen LogP contribution in [0.2, 0.25) is 0 Å². The van der Waals surface area contributed by atoms with E-state index in [-0.39, 0.29) is 18.3 Å². The summed E-state index contributed by atoms with van der Waals surface area (Å²) >= 11 is 0. The van der Waals surface area contributed by atoms with Gasteiger partial charge in [-0.05, 0) is 18.6 Å². The van der Waals surface area contributed by atoms with E-state index in [0.29, 0.717) is 6.42 Å². The van der Waals surface area contributed by atoms with Gasteiger partial charge >= 0.3 is 0 Å². The lowest BCUT2D eigenvalue weighted by Gasteiger charge is -2.15. The van der Waals surface area contributed by atoms with Crippen LogP contribution in [0.3, 0.4) is 0 Å². The summed E-state index contributed by atoms with van der Waals surface area (Å²) in [6.45, 7) is 1.14. The molecule has 0 bridgehead atoms. The Labute approximate surface area is 98.2 Å². The van der Waals surface area contributed by atoms with Crippen LogP contribution in [-0.2, 0) is 6.54 Å². The van der Waals surface area contributed by atoms with Crippen LogP contribution in [0.5, 0.6) is 0 Å². The average Bonchev–Trinajstić information content (AvgIpc) is 2.72. The van der Waals surface area contributed by atoms with Gasteiger partial charge in [0.1, 0.15) is 5.69 Å². The zero-order chi connectivity index (χ0) is 12.8. The molecular formula is C11H16F2N2O2. The number of aromatic nitrogens is 1. The Morgan fingerprint density at radius 3 is 2.82 bits per heavy atom. The minimum atomic E-state index is -2.51. The molecule has 0 aromatic carbocycles. The van der Waals surface area contributed by atoms with Crippen molar-refractivity contribution in [2.24, 2.45) is 0 Å². The van der Waals surface area contributed by atoms with Gasteiger partial charge in [0.15, 0.2) is 0 Å². The van der Waals surface area contributed by atoms with Gasteiger partial charge in [0.05, 0.1) is 19.2 Å². The Morgan fingerprint density at radius 1 is 1.59 bits per heavy atom. The van der Waals surface area contributed by atoms with Gasteiger partial charge in [-0.25, -0.2) is 8.78 Å². The van der Waals surface area contributed by atoms with E-state index in [1.54, 1.807) is 0 Å². The lowest BCUT2D eigenvalue weighted by atomic mass is 10.2. The van der Waals surface area contributed by atoms with Crippen LogP contribution >= 0.6 is 0 Å². The highest BCUT2D eigenvalue weighted by molar-refractivity contribution is 5.92. The summed E-state index contributed by atoms with van der Waals surface area (Å²) in [4.78, 5) is 11.7. The van der Waals surface area contributed by atoms with E-state index in [0.717, 1.165) is 0 Å². The summed E-state index contributed by atoms with van der Waals surface area (Å²) in [5.74, 6) is -0.448. The number of carbonyl (C=O) groups excluding carboxylic acids is 1. The number of aliphatic hydroxyl groups is 1. The number of amides is 1. The van der Waals surface area contributed by atoms with Gasteiger partial charge in [0, 0.05) is 6.20 Å². The van der Waals surface area contributed by atoms with Gasteiger partial charge in [-0.2, -0.15) is 0 Å². The smallest absolute Gasteiger partial charge is 0.268 e. The van der Waals surface area contributed by atoms with E-state index in [9.17, 15) is 13.6 Å². The van der Waals surface area contributed by atoms with Crippen LogP contribution in [0.25, 0.3) is 0 Å². The number of aliphatic hydroxyl groups excluding tert-OH is 1. The van der Waals surface area contributed by atoms with Crippen LogP contribution in [0, 0.1) is 0 Å². The third kappa shape index (κ3) is 3.81. The van der Waals surface area contributed by atoms with Crippen LogP contribution in [-0.4, -0.2) is 34.7 Å². The van der Waals surface area contributed by atoms with E-state index >= 15 is 0 Å². The molecule has 0 radical (unpaired) electrons. The average molecular weight is 246 g/mol. The lowest BCUT2D eigenvalue weighted by Crippen LogP contribution is -2.38. The maximum Gasteiger partial charge on any atom is 0.268 e. The predicted octanol–water partition coefficient (Wildman–Crippen LogP) is 1.25. The van der Waals surface area contributed by atoms with Gasteiger partial charge in [-0.15, -0.1) is 0 Å². The molecule has 0 saturated carbocycles. The molecule has 1 atom stereocenters. The second-order valence-corrected chi connectivity index (χ2v) is 3.70. The fourth-order valence-electron chi connectivity index (χ4n) is 1.46. The van der Waals surface area contributed by atoms with Gasteiger partial charge in [-0.3, -0.25) is 4.79 Å². The van der Waals surface area contributed by atoms with Crippen molar-refractivity contribution in [2.75, 3.05) is 6.61 Å². The van der Waals surface area contributed by atoms with Gasteiger partial charge in [-0.1, -0.05) is 6.92 Å². The summed E-state index contributed by atoms with van der Waals surface area (Å²) in [5, 5.41) is 11.5. The van der Waals surface area contributed by atoms with Gasteiger partial charge in [0.25, 0.3) is 12.3 Å². The molecule has 1 aromatic rings. The normalized spacial score (nSPS) is 12.8. The second-order valence-electron chi connectivity index (χ2n) is 3.70. The number of nitrogens with one attached hydrogen (secondary N) is 1. The zero-order valence-electron chi connectivity index (χ0n) is 9.57. The number of nitrogens with zero attached hydrogens (tertiary/aromatic N) is 1. The Hall–Kier alpha value is -1.43. The Bertz CT molecular complexity index is 362. The largest absolute Gasteiger partial charge is 0.394 e. The first-order chi connectivity index (χ1) is 8.08. The lowest BCUT2D eigenvalue weighted by molar-refractivity contribution is 0.0893. The van der Waals surface area contributed by atoms with E-state index in [2.05, 4.69) is 5.32 Å². The molecule has 0 aliphatic heterocycles. The van der Waals surface area contributed by atoms with Gasteiger partial charge < -0.3 is 15.0 Å². The number of hydrogen-bond donors (Lipinski definition) is 2. The van der Waals surface area contributed by atoms with Crippen molar-refractivity contribution in [3.8, 4) is 0 Å². The van der Waals surface area contributed by atoms with Crippen LogP contribution in [0.1, 0.15) is 23.8 Å². The summed E-state index contributed by atoms with van der Waals surface area (Å²) in [5.41, 5.74) is 0.178. The van der Waals surface area contributed by atoms with Crippen molar-refractivity contribution >= 4 is 5.91 Å². The van der Waals surface area contributed by atoms with Crippen LogP contribution in [0.15, 0.2) is 18.3 Å². The second kappa shape index (κ2) is 6.34. The minimum Gasteiger partial charge on any atom is -0.394 e. The number of halogens is 2. The summed E-state index contributed by atoms with van der Waals surface area (Å²) < 4.78 is 25.7. The summed E-state index contributed by atoms with van der Waals surface area (Å²) in [6, 6.07) is 2.66. The molecule has 96 valence electrons. The standard InChI is InChI=1S/C11H16F2N2O2/c1-2-8(7-16)14-11(17)9-4-3-5-15(9)6-10(12)13/h3-5,8,10,16H,2,6-7H2,1H3,(H,14,17)/t8-/m1/s1. The molecule has 2 N–H and O–H groups in total. The highest BCUT2D eigenvalue weighted by Gasteiger charge is 2.16. The van der Waals surface area contributed by atoms with E-state index in [1.807, 2.05) is 6.92 Å². The van der Waals surface area contributed by atoms with Crippen molar-refractivity contribution in [3.05, 3.63) is 24.0 Å². The molecule has 0 aliphatic rings. The van der Waals surface area contributed by atoms with Crippen LogP contribution in [0.4, 0.5) is 8.78 Å². The fourth-order valence-corrected chi connectivity index (χ4v) is 1.46. The molecule has 1 amide bonds. The Morgan fingerprint density at radius 2 is 2.29 bits per heavy atom. The van der Waals surface area contributed by atoms with E-state index < -0.39 is 18.9 Å². The molecule has 0 unspecified atom stereocenters. The number of hydrogen-bond acceptors (Lipinski definition) is 2. The van der Waals surface area contributed by atoms with Crippen molar-refractivity contribution in [1.29, 1.82) is 0 Å². The molecule has 6 heteroatoms. The minimum absolute atomic E-state index is 0.169. The molecule has 1 aromatic heterocycles. The Kier molecular flexibility index (Phi) is 5.09. The molecule has 1 rings (SSSR count). The molecule has 0 fully saturated rings. The number of rotatable bonds is 6. The topological polar surface area (TPSA) is 54.3 Å². The number of carbonyl (C=O) groups is 1. The molecule has 17 heavy (non-hydrogen) atoms. The third-order valence-corrected chi connectivity index (χ3v) is 2.45. The Balaban J connectivity index is 2.71. The zero-order valence-corrected chi connectivity index (χ0v) is 9.57. The molecule has 0 spiro atoms. The molecule has 1 heterocycles. The van der Waals surface area contributed by atoms with Crippen molar-refractivity contribution in [2.45, 2.75) is 32.4 Å². The first-order valence-electron chi connectivity index (χ1n) is 5.43. The van der Waals surface area contributed by atoms with E-state index in [1.165, 1.54) is 22.9 Å². The highest BCUT2D eigenvalue weighted by atomic mass is 19.3. The summed E-state index contributed by atoms with van der Waals surface area (Å²) in [7, 11) is 0. The fraction of sp³-hybridized carbons (Fsp3) is 0.545. The quantitative estimate of drug-likeness (QED) is 0.793. The van der Waals surface area contributed by atoms with Crippen LogP contribution < -0.4 is 5.32 Å². The maximum atomic E-state index is 12.2. The van der Waals surface area contributed by atoms with Crippen molar-refractivity contribution in [1.82, 2.24) is 9.88 Å². The first kappa shape index (κ1) is 13.6. The third-order valence-electron chi connectivity index (χ3n) is 2.45.